The predicted molar refractivity (Wildman–Crippen MR) is 118 cm³/mol. The third-order valence-electron chi connectivity index (χ3n) is 5.12. The Morgan fingerprint density at radius 2 is 1.60 bits per heavy atom. The number of nitrogens with one attached hydrogen (secondary N) is 1. The Morgan fingerprint density at radius 3 is 2.37 bits per heavy atom. The van der Waals surface area contributed by atoms with E-state index in [1.807, 2.05) is 91.9 Å². The van der Waals surface area contributed by atoms with Crippen LogP contribution in [0.4, 0.5) is 4.79 Å². The van der Waals surface area contributed by atoms with E-state index in [4.69, 9.17) is 4.74 Å². The summed E-state index contributed by atoms with van der Waals surface area (Å²) in [6, 6.07) is 28.2. The Kier molecular flexibility index (Phi) is 5.66. The van der Waals surface area contributed by atoms with Crippen molar-refractivity contribution in [2.45, 2.75) is 19.6 Å². The highest BCUT2D eigenvalue weighted by molar-refractivity contribution is 5.89. The van der Waals surface area contributed by atoms with Crippen LogP contribution in [0.15, 0.2) is 91.0 Å². The number of ether oxygens (including phenoxy) is 1. The lowest BCUT2D eigenvalue weighted by Crippen LogP contribution is -2.30. The van der Waals surface area contributed by atoms with Gasteiger partial charge in [0.25, 0.3) is 0 Å². The molecule has 2 N–H and O–H groups in total. The third-order valence-corrected chi connectivity index (χ3v) is 5.12. The van der Waals surface area contributed by atoms with Gasteiger partial charge in [0.05, 0.1) is 6.04 Å². The van der Waals surface area contributed by atoms with E-state index in [1.54, 1.807) is 6.07 Å². The van der Waals surface area contributed by atoms with Crippen molar-refractivity contribution in [1.82, 2.24) is 5.32 Å². The fourth-order valence-corrected chi connectivity index (χ4v) is 3.55. The Labute approximate surface area is 175 Å². The molecule has 4 aromatic rings. The maximum atomic E-state index is 12.7. The van der Waals surface area contributed by atoms with Crippen molar-refractivity contribution in [3.05, 3.63) is 113 Å². The van der Waals surface area contributed by atoms with Gasteiger partial charge < -0.3 is 15.2 Å². The molecule has 0 radical (unpaired) electrons. The zero-order valence-corrected chi connectivity index (χ0v) is 16.7. The SMILES string of the molecule is Cc1ccc(C(NC(=O)OCc2ccccc2)c2c(O)ccc3ccccc23)cc1. The summed E-state index contributed by atoms with van der Waals surface area (Å²) < 4.78 is 5.45. The Bertz CT molecular complexity index is 1150. The van der Waals surface area contributed by atoms with Crippen LogP contribution in [0.1, 0.15) is 28.3 Å². The first-order chi connectivity index (χ1) is 14.6. The molecule has 4 aromatic carbocycles. The lowest BCUT2D eigenvalue weighted by atomic mass is 9.92. The van der Waals surface area contributed by atoms with Gasteiger partial charge >= 0.3 is 6.09 Å². The molecule has 0 aliphatic carbocycles. The number of carbonyl (C=O) groups excluding carboxylic acids is 1. The summed E-state index contributed by atoms with van der Waals surface area (Å²) in [6.45, 7) is 2.19. The highest BCUT2D eigenvalue weighted by Gasteiger charge is 2.23. The van der Waals surface area contributed by atoms with E-state index < -0.39 is 12.1 Å². The number of alkyl carbamates (subject to hydrolysis) is 1. The number of fused-ring (bicyclic) bond motifs is 1. The zero-order chi connectivity index (χ0) is 20.9. The number of rotatable bonds is 5. The van der Waals surface area contributed by atoms with Gasteiger partial charge in [-0.25, -0.2) is 4.79 Å². The molecule has 150 valence electrons. The zero-order valence-electron chi connectivity index (χ0n) is 16.7. The fourth-order valence-electron chi connectivity index (χ4n) is 3.55. The standard InChI is InChI=1S/C26H23NO3/c1-18-11-13-21(14-12-18)25(27-26(29)30-17-19-7-3-2-4-8-19)24-22-10-6-5-9-20(22)15-16-23(24)28/h2-16,25,28H,17H2,1H3,(H,27,29). The molecule has 1 unspecified atom stereocenters. The number of phenols is 1. The molecule has 0 aliphatic heterocycles. The predicted octanol–water partition coefficient (Wildman–Crippen LogP) is 5.87. The molecule has 0 heterocycles. The maximum absolute atomic E-state index is 12.7. The minimum absolute atomic E-state index is 0.127. The molecule has 0 saturated carbocycles. The second-order valence-corrected chi connectivity index (χ2v) is 7.27. The number of amides is 1. The molecule has 1 amide bonds. The first-order valence-corrected chi connectivity index (χ1v) is 9.86. The Morgan fingerprint density at radius 1 is 0.900 bits per heavy atom. The van der Waals surface area contributed by atoms with E-state index in [-0.39, 0.29) is 12.4 Å². The highest BCUT2D eigenvalue weighted by atomic mass is 16.5. The summed E-state index contributed by atoms with van der Waals surface area (Å²) >= 11 is 0. The summed E-state index contributed by atoms with van der Waals surface area (Å²) in [7, 11) is 0. The number of hydrogen-bond donors (Lipinski definition) is 2. The van der Waals surface area contributed by atoms with Gasteiger partial charge in [0.2, 0.25) is 0 Å². The average molecular weight is 397 g/mol. The van der Waals surface area contributed by atoms with Crippen molar-refractivity contribution in [3.8, 4) is 5.75 Å². The molecule has 4 nitrogen and oxygen atoms in total. The van der Waals surface area contributed by atoms with Crippen molar-refractivity contribution in [3.63, 3.8) is 0 Å². The van der Waals surface area contributed by atoms with Gasteiger partial charge in [0.1, 0.15) is 12.4 Å². The minimum Gasteiger partial charge on any atom is -0.508 e. The van der Waals surface area contributed by atoms with Crippen molar-refractivity contribution in [1.29, 1.82) is 0 Å². The van der Waals surface area contributed by atoms with Crippen molar-refractivity contribution in [2.24, 2.45) is 0 Å². The van der Waals surface area contributed by atoms with Gasteiger partial charge in [-0.2, -0.15) is 0 Å². The summed E-state index contributed by atoms with van der Waals surface area (Å²) in [5.74, 6) is 0.127. The molecule has 0 saturated heterocycles. The number of phenolic OH excluding ortho intramolecular Hbond substituents is 1. The Hall–Kier alpha value is -3.79. The molecule has 30 heavy (non-hydrogen) atoms. The van der Waals surface area contributed by atoms with Crippen LogP contribution < -0.4 is 5.32 Å². The molecule has 0 spiro atoms. The molecule has 1 atom stereocenters. The van der Waals surface area contributed by atoms with Crippen LogP contribution in [0.25, 0.3) is 10.8 Å². The van der Waals surface area contributed by atoms with Crippen LogP contribution in [0.2, 0.25) is 0 Å². The first-order valence-electron chi connectivity index (χ1n) is 9.86. The van der Waals surface area contributed by atoms with Gasteiger partial charge in [-0.15, -0.1) is 0 Å². The van der Waals surface area contributed by atoms with Crippen LogP contribution in [0.3, 0.4) is 0 Å². The second-order valence-electron chi connectivity index (χ2n) is 7.27. The highest BCUT2D eigenvalue weighted by Crippen LogP contribution is 2.36. The third kappa shape index (κ3) is 4.28. The molecule has 0 bridgehead atoms. The second kappa shape index (κ2) is 8.70. The van der Waals surface area contributed by atoms with E-state index in [1.165, 1.54) is 0 Å². The number of carbonyl (C=O) groups is 1. The van der Waals surface area contributed by atoms with Crippen LogP contribution in [0, 0.1) is 6.92 Å². The molecule has 0 fully saturated rings. The molecular formula is C26H23NO3. The average Bonchev–Trinajstić information content (AvgIpc) is 2.78. The first kappa shape index (κ1) is 19.5. The largest absolute Gasteiger partial charge is 0.508 e. The molecule has 4 rings (SSSR count). The number of aromatic hydroxyl groups is 1. The topological polar surface area (TPSA) is 58.6 Å². The molecule has 0 aromatic heterocycles. The minimum atomic E-state index is -0.556. The van der Waals surface area contributed by atoms with Gasteiger partial charge in [-0.3, -0.25) is 0 Å². The monoisotopic (exact) mass is 397 g/mol. The summed E-state index contributed by atoms with van der Waals surface area (Å²) in [5, 5.41) is 15.5. The maximum Gasteiger partial charge on any atom is 0.408 e. The van der Waals surface area contributed by atoms with E-state index in [2.05, 4.69) is 5.32 Å². The van der Waals surface area contributed by atoms with Crippen LogP contribution in [-0.2, 0) is 11.3 Å². The number of benzene rings is 4. The van der Waals surface area contributed by atoms with E-state index in [9.17, 15) is 9.90 Å². The summed E-state index contributed by atoms with van der Waals surface area (Å²) in [6.07, 6.45) is -0.545. The number of hydrogen-bond acceptors (Lipinski definition) is 3. The van der Waals surface area contributed by atoms with Gasteiger partial charge in [-0.05, 0) is 34.9 Å². The lowest BCUT2D eigenvalue weighted by Gasteiger charge is -2.22. The van der Waals surface area contributed by atoms with Crippen molar-refractivity contribution >= 4 is 16.9 Å². The molecule has 0 aliphatic rings. The van der Waals surface area contributed by atoms with Crippen LogP contribution >= 0.6 is 0 Å². The smallest absolute Gasteiger partial charge is 0.408 e. The quantitative estimate of drug-likeness (QED) is 0.443. The van der Waals surface area contributed by atoms with Gasteiger partial charge in [0.15, 0.2) is 0 Å². The Balaban J connectivity index is 1.68. The fraction of sp³-hybridized carbons (Fsp3) is 0.115. The van der Waals surface area contributed by atoms with Crippen LogP contribution in [-0.4, -0.2) is 11.2 Å². The van der Waals surface area contributed by atoms with Crippen LogP contribution in [0.5, 0.6) is 5.75 Å². The van der Waals surface area contributed by atoms with Crippen molar-refractivity contribution in [2.75, 3.05) is 0 Å². The van der Waals surface area contributed by atoms with E-state index >= 15 is 0 Å². The number of aryl methyl sites for hydroxylation is 1. The molecular weight excluding hydrogens is 374 g/mol. The summed E-state index contributed by atoms with van der Waals surface area (Å²) in [5.41, 5.74) is 3.54. The van der Waals surface area contributed by atoms with E-state index in [0.29, 0.717) is 5.56 Å². The van der Waals surface area contributed by atoms with Crippen molar-refractivity contribution < 1.29 is 14.6 Å². The normalized spacial score (nSPS) is 11.8. The van der Waals surface area contributed by atoms with E-state index in [0.717, 1.165) is 27.5 Å². The summed E-state index contributed by atoms with van der Waals surface area (Å²) in [4.78, 5) is 12.7. The lowest BCUT2D eigenvalue weighted by molar-refractivity contribution is 0.137. The van der Waals surface area contributed by atoms with Gasteiger partial charge in [-0.1, -0.05) is 90.5 Å². The van der Waals surface area contributed by atoms with Gasteiger partial charge in [0, 0.05) is 5.56 Å². The molecule has 4 heteroatoms.